The highest BCUT2D eigenvalue weighted by Crippen LogP contribution is 2.23. The van der Waals surface area contributed by atoms with E-state index in [1.165, 1.54) is 6.08 Å². The average molecular weight is 448 g/mol. The molecule has 1 amide bonds. The van der Waals surface area contributed by atoms with E-state index in [1.807, 2.05) is 67.8 Å². The number of nitrogens with zero attached hydrogens (tertiary/aromatic N) is 3. The number of hydrogen-bond acceptors (Lipinski definition) is 6. The van der Waals surface area contributed by atoms with E-state index < -0.39 is 0 Å². The summed E-state index contributed by atoms with van der Waals surface area (Å²) in [5.74, 6) is 1.20. The molecule has 0 saturated carbocycles. The van der Waals surface area contributed by atoms with Gasteiger partial charge in [-0.3, -0.25) is 4.79 Å². The normalized spacial score (nSPS) is 10.7. The molecule has 0 aliphatic rings. The van der Waals surface area contributed by atoms with Crippen LogP contribution >= 0.6 is 11.3 Å². The smallest absolute Gasteiger partial charge is 0.251 e. The van der Waals surface area contributed by atoms with E-state index in [-0.39, 0.29) is 12.3 Å². The second-order valence-corrected chi connectivity index (χ2v) is 7.90. The Kier molecular flexibility index (Phi) is 8.41. The molecule has 1 heterocycles. The lowest BCUT2D eigenvalue weighted by Crippen LogP contribution is -2.30. The molecule has 1 aromatic heterocycles. The molecule has 32 heavy (non-hydrogen) atoms. The number of anilines is 1. The number of carbonyl (C=O) groups excluding carboxylic acids is 1. The number of aryl methyl sites for hydroxylation is 1. The zero-order valence-corrected chi connectivity index (χ0v) is 19.0. The van der Waals surface area contributed by atoms with Crippen LogP contribution in [0.5, 0.6) is 11.5 Å². The minimum absolute atomic E-state index is 0.214. The second kappa shape index (κ2) is 11.7. The van der Waals surface area contributed by atoms with Gasteiger partial charge >= 0.3 is 0 Å². The van der Waals surface area contributed by atoms with Crippen LogP contribution in [0.2, 0.25) is 0 Å². The third kappa shape index (κ3) is 6.43. The van der Waals surface area contributed by atoms with Crippen molar-refractivity contribution in [3.05, 3.63) is 76.3 Å². The molecular formula is C25H25N3O3S. The molecule has 7 heteroatoms. The molecule has 0 saturated heterocycles. The molecule has 0 N–H and O–H groups in total. The molecule has 0 aliphatic carbocycles. The van der Waals surface area contributed by atoms with Crippen molar-refractivity contribution < 1.29 is 14.3 Å². The summed E-state index contributed by atoms with van der Waals surface area (Å²) in [5.41, 5.74) is 2.38. The molecule has 0 spiro atoms. The standard InChI is InChI=1S/C25H25N3O3S/c1-3-30-23-12-10-22(11-13-23)28(16-6-15-26)25(29)14-9-20-7-4-5-8-24(20)31-17-21-18-32-19(2)27-21/h4-5,7-14,18H,3,6,16-17H2,1-2H3/b14-9+. The van der Waals surface area contributed by atoms with E-state index in [9.17, 15) is 4.79 Å². The summed E-state index contributed by atoms with van der Waals surface area (Å²) in [6.07, 6.45) is 3.47. The third-order valence-corrected chi connectivity index (χ3v) is 5.36. The number of ether oxygens (including phenoxy) is 2. The summed E-state index contributed by atoms with van der Waals surface area (Å²) < 4.78 is 11.4. The Morgan fingerprint density at radius 2 is 1.97 bits per heavy atom. The number of amides is 1. The van der Waals surface area contributed by atoms with E-state index in [1.54, 1.807) is 22.3 Å². The number of benzene rings is 2. The first-order valence-corrected chi connectivity index (χ1v) is 11.2. The first kappa shape index (κ1) is 23.0. The topological polar surface area (TPSA) is 75.5 Å². The van der Waals surface area contributed by atoms with Crippen molar-refractivity contribution in [2.45, 2.75) is 26.9 Å². The number of thiazole rings is 1. The van der Waals surface area contributed by atoms with Crippen LogP contribution in [0.25, 0.3) is 6.08 Å². The van der Waals surface area contributed by atoms with Gasteiger partial charge < -0.3 is 14.4 Å². The highest BCUT2D eigenvalue weighted by Gasteiger charge is 2.13. The van der Waals surface area contributed by atoms with Gasteiger partial charge in [0, 0.05) is 29.3 Å². The molecule has 0 fully saturated rings. The maximum Gasteiger partial charge on any atom is 0.251 e. The van der Waals surface area contributed by atoms with Gasteiger partial charge in [0.1, 0.15) is 18.1 Å². The predicted molar refractivity (Wildman–Crippen MR) is 127 cm³/mol. The Labute approximate surface area is 192 Å². The maximum atomic E-state index is 13.0. The van der Waals surface area contributed by atoms with E-state index >= 15 is 0 Å². The van der Waals surface area contributed by atoms with Crippen molar-refractivity contribution in [1.29, 1.82) is 5.26 Å². The van der Waals surface area contributed by atoms with Crippen LogP contribution in [-0.4, -0.2) is 24.0 Å². The first-order chi connectivity index (χ1) is 15.6. The number of nitriles is 1. The molecule has 6 nitrogen and oxygen atoms in total. The number of carbonyl (C=O) groups is 1. The number of para-hydroxylation sites is 1. The minimum atomic E-state index is -0.214. The average Bonchev–Trinajstić information content (AvgIpc) is 3.23. The van der Waals surface area contributed by atoms with Crippen molar-refractivity contribution in [3.63, 3.8) is 0 Å². The fourth-order valence-corrected chi connectivity index (χ4v) is 3.64. The van der Waals surface area contributed by atoms with Crippen molar-refractivity contribution in [2.24, 2.45) is 0 Å². The van der Waals surface area contributed by atoms with Crippen LogP contribution in [0.3, 0.4) is 0 Å². The highest BCUT2D eigenvalue weighted by molar-refractivity contribution is 7.09. The van der Waals surface area contributed by atoms with Gasteiger partial charge in [-0.05, 0) is 50.3 Å². The van der Waals surface area contributed by atoms with Crippen molar-refractivity contribution in [2.75, 3.05) is 18.1 Å². The molecular weight excluding hydrogens is 422 g/mol. The van der Waals surface area contributed by atoms with Crippen molar-refractivity contribution >= 4 is 29.0 Å². The molecule has 3 aromatic rings. The van der Waals surface area contributed by atoms with Crippen LogP contribution in [-0.2, 0) is 11.4 Å². The van der Waals surface area contributed by atoms with Gasteiger partial charge in [0.2, 0.25) is 0 Å². The highest BCUT2D eigenvalue weighted by atomic mass is 32.1. The minimum Gasteiger partial charge on any atom is -0.494 e. The van der Waals surface area contributed by atoms with Gasteiger partial charge in [-0.1, -0.05) is 18.2 Å². The van der Waals surface area contributed by atoms with Gasteiger partial charge in [0.25, 0.3) is 5.91 Å². The second-order valence-electron chi connectivity index (χ2n) is 6.84. The molecule has 0 radical (unpaired) electrons. The Balaban J connectivity index is 1.74. The van der Waals surface area contributed by atoms with Gasteiger partial charge in [-0.15, -0.1) is 11.3 Å². The Bertz CT molecular complexity index is 1100. The Morgan fingerprint density at radius 3 is 2.66 bits per heavy atom. The van der Waals surface area contributed by atoms with Gasteiger partial charge in [0.15, 0.2) is 0 Å². The molecule has 0 aliphatic heterocycles. The summed E-state index contributed by atoms with van der Waals surface area (Å²) in [5, 5.41) is 12.0. The molecule has 0 bridgehead atoms. The zero-order valence-electron chi connectivity index (χ0n) is 18.2. The molecule has 0 atom stereocenters. The lowest BCUT2D eigenvalue weighted by molar-refractivity contribution is -0.114. The van der Waals surface area contributed by atoms with Crippen molar-refractivity contribution in [1.82, 2.24) is 4.98 Å². The first-order valence-electron chi connectivity index (χ1n) is 10.3. The summed E-state index contributed by atoms with van der Waals surface area (Å²) >= 11 is 1.58. The Hall–Kier alpha value is -3.63. The van der Waals surface area contributed by atoms with E-state index in [4.69, 9.17) is 14.7 Å². The van der Waals surface area contributed by atoms with Crippen LogP contribution in [0.15, 0.2) is 60.0 Å². The maximum absolute atomic E-state index is 13.0. The van der Waals surface area contributed by atoms with Gasteiger partial charge in [-0.25, -0.2) is 4.98 Å². The lowest BCUT2D eigenvalue weighted by atomic mass is 10.1. The zero-order chi connectivity index (χ0) is 22.8. The predicted octanol–water partition coefficient (Wildman–Crippen LogP) is 5.39. The molecule has 0 unspecified atom stereocenters. The van der Waals surface area contributed by atoms with E-state index in [0.29, 0.717) is 31.2 Å². The molecule has 164 valence electrons. The Morgan fingerprint density at radius 1 is 1.19 bits per heavy atom. The summed E-state index contributed by atoms with van der Waals surface area (Å²) in [4.78, 5) is 19.0. The number of aromatic nitrogens is 1. The van der Waals surface area contributed by atoms with Gasteiger partial charge in [-0.2, -0.15) is 5.26 Å². The fourth-order valence-electron chi connectivity index (χ4n) is 3.04. The van der Waals surface area contributed by atoms with Crippen LogP contribution < -0.4 is 14.4 Å². The lowest BCUT2D eigenvalue weighted by Gasteiger charge is -2.20. The van der Waals surface area contributed by atoms with E-state index in [2.05, 4.69) is 11.1 Å². The largest absolute Gasteiger partial charge is 0.494 e. The number of hydrogen-bond donors (Lipinski definition) is 0. The quantitative estimate of drug-likeness (QED) is 0.390. The summed E-state index contributed by atoms with van der Waals surface area (Å²) in [7, 11) is 0. The SMILES string of the molecule is CCOc1ccc(N(CCC#N)C(=O)/C=C/c2ccccc2OCc2csc(C)n2)cc1. The molecule has 3 rings (SSSR count). The van der Waals surface area contributed by atoms with Crippen LogP contribution in [0.1, 0.15) is 29.6 Å². The van der Waals surface area contributed by atoms with Crippen LogP contribution in [0, 0.1) is 18.3 Å². The molecule has 2 aromatic carbocycles. The summed E-state index contributed by atoms with van der Waals surface area (Å²) in [6.45, 7) is 5.11. The fraction of sp³-hybridized carbons (Fsp3) is 0.240. The van der Waals surface area contributed by atoms with Gasteiger partial charge in [0.05, 0.1) is 29.8 Å². The van der Waals surface area contributed by atoms with Crippen LogP contribution in [0.4, 0.5) is 5.69 Å². The van der Waals surface area contributed by atoms with Crippen molar-refractivity contribution in [3.8, 4) is 17.6 Å². The van der Waals surface area contributed by atoms with E-state index in [0.717, 1.165) is 22.0 Å². The monoisotopic (exact) mass is 447 g/mol. The third-order valence-electron chi connectivity index (χ3n) is 4.54. The summed E-state index contributed by atoms with van der Waals surface area (Å²) in [6, 6.07) is 16.9. The number of rotatable bonds is 10.